The molecular weight excluding hydrogens is 236 g/mol. The molecular formula is C16H24N2O. The van der Waals surface area contributed by atoms with Crippen LogP contribution in [-0.4, -0.2) is 22.3 Å². The van der Waals surface area contributed by atoms with Gasteiger partial charge in [0.25, 0.3) is 0 Å². The molecule has 0 spiro atoms. The van der Waals surface area contributed by atoms with Crippen molar-refractivity contribution >= 4 is 10.9 Å². The van der Waals surface area contributed by atoms with Crippen molar-refractivity contribution in [1.82, 2.24) is 9.88 Å². The largest absolute Gasteiger partial charge is 0.395 e. The van der Waals surface area contributed by atoms with Crippen molar-refractivity contribution in [3.8, 4) is 0 Å². The molecule has 0 aliphatic heterocycles. The molecule has 0 fully saturated rings. The molecule has 104 valence electrons. The van der Waals surface area contributed by atoms with E-state index in [1.807, 2.05) is 0 Å². The Hall–Kier alpha value is -1.32. The van der Waals surface area contributed by atoms with E-state index in [2.05, 4.69) is 54.2 Å². The highest BCUT2D eigenvalue weighted by atomic mass is 16.3. The van der Waals surface area contributed by atoms with Gasteiger partial charge in [-0.2, -0.15) is 0 Å². The maximum atomic E-state index is 9.24. The van der Waals surface area contributed by atoms with E-state index in [0.29, 0.717) is 0 Å². The highest BCUT2D eigenvalue weighted by molar-refractivity contribution is 5.83. The quantitative estimate of drug-likeness (QED) is 0.803. The molecule has 2 N–H and O–H groups in total. The minimum absolute atomic E-state index is 0.188. The van der Waals surface area contributed by atoms with E-state index in [4.69, 9.17) is 0 Å². The first-order valence-electron chi connectivity index (χ1n) is 7.21. The van der Waals surface area contributed by atoms with Gasteiger partial charge in [0.15, 0.2) is 0 Å². The number of rotatable bonds is 7. The highest BCUT2D eigenvalue weighted by Crippen LogP contribution is 2.21. The minimum Gasteiger partial charge on any atom is -0.395 e. The Morgan fingerprint density at radius 3 is 2.74 bits per heavy atom. The highest BCUT2D eigenvalue weighted by Gasteiger charge is 2.09. The van der Waals surface area contributed by atoms with Gasteiger partial charge in [-0.3, -0.25) is 0 Å². The van der Waals surface area contributed by atoms with E-state index in [1.54, 1.807) is 0 Å². The lowest BCUT2D eigenvalue weighted by Crippen LogP contribution is -2.31. The van der Waals surface area contributed by atoms with E-state index < -0.39 is 0 Å². The van der Waals surface area contributed by atoms with Crippen LogP contribution in [0.4, 0.5) is 0 Å². The number of aromatic nitrogens is 1. The topological polar surface area (TPSA) is 37.2 Å². The molecule has 0 aliphatic rings. The van der Waals surface area contributed by atoms with Gasteiger partial charge in [0.05, 0.1) is 6.61 Å². The van der Waals surface area contributed by atoms with Crippen molar-refractivity contribution < 1.29 is 5.11 Å². The fourth-order valence-corrected chi connectivity index (χ4v) is 2.48. The van der Waals surface area contributed by atoms with Gasteiger partial charge in [0, 0.05) is 36.2 Å². The molecule has 1 aromatic carbocycles. The molecule has 0 bridgehead atoms. The molecule has 2 aromatic rings. The van der Waals surface area contributed by atoms with Gasteiger partial charge in [-0.15, -0.1) is 0 Å². The van der Waals surface area contributed by atoms with Crippen LogP contribution in [0.2, 0.25) is 0 Å². The smallest absolute Gasteiger partial charge is 0.0584 e. The number of aryl methyl sites for hydroxylation is 1. The lowest BCUT2D eigenvalue weighted by Gasteiger charge is -2.13. The summed E-state index contributed by atoms with van der Waals surface area (Å²) in [4.78, 5) is 0. The first-order valence-corrected chi connectivity index (χ1v) is 7.21. The van der Waals surface area contributed by atoms with Crippen LogP contribution >= 0.6 is 0 Å². The molecule has 0 saturated carbocycles. The summed E-state index contributed by atoms with van der Waals surface area (Å²) in [6.45, 7) is 6.36. The molecule has 0 aliphatic carbocycles. The van der Waals surface area contributed by atoms with Gasteiger partial charge >= 0.3 is 0 Å². The lowest BCUT2D eigenvalue weighted by atomic mass is 10.1. The van der Waals surface area contributed by atoms with Gasteiger partial charge in [-0.1, -0.05) is 32.0 Å². The van der Waals surface area contributed by atoms with Crippen molar-refractivity contribution in [2.45, 2.75) is 45.8 Å². The summed E-state index contributed by atoms with van der Waals surface area (Å²) in [6, 6.07) is 8.73. The summed E-state index contributed by atoms with van der Waals surface area (Å²) in [5.41, 5.74) is 2.62. The van der Waals surface area contributed by atoms with E-state index in [9.17, 15) is 5.11 Å². The van der Waals surface area contributed by atoms with E-state index in [0.717, 1.165) is 25.9 Å². The molecule has 0 unspecified atom stereocenters. The average molecular weight is 260 g/mol. The Morgan fingerprint density at radius 2 is 2.05 bits per heavy atom. The standard InChI is InChI=1S/C16H24N2O/c1-3-9-18-11-13(10-17-14(4-2)12-19)15-7-5-6-8-16(15)18/h5-8,11,14,17,19H,3-4,9-10,12H2,1-2H3/t14-/m0/s1. The Kier molecular flexibility index (Phi) is 5.00. The van der Waals surface area contributed by atoms with Crippen molar-refractivity contribution in [1.29, 1.82) is 0 Å². The van der Waals surface area contributed by atoms with Gasteiger partial charge < -0.3 is 15.0 Å². The van der Waals surface area contributed by atoms with E-state index in [-0.39, 0.29) is 12.6 Å². The molecule has 1 atom stereocenters. The number of aliphatic hydroxyl groups excluding tert-OH is 1. The molecule has 3 nitrogen and oxygen atoms in total. The maximum absolute atomic E-state index is 9.24. The second-order valence-corrected chi connectivity index (χ2v) is 5.03. The predicted molar refractivity (Wildman–Crippen MR) is 80.2 cm³/mol. The summed E-state index contributed by atoms with van der Waals surface area (Å²) in [7, 11) is 0. The molecule has 0 saturated heterocycles. The number of para-hydroxylation sites is 1. The first-order chi connectivity index (χ1) is 9.30. The van der Waals surface area contributed by atoms with Crippen LogP contribution < -0.4 is 5.32 Å². The molecule has 19 heavy (non-hydrogen) atoms. The van der Waals surface area contributed by atoms with Crippen molar-refractivity contribution in [3.63, 3.8) is 0 Å². The number of fused-ring (bicyclic) bond motifs is 1. The first kappa shape index (κ1) is 14.1. The zero-order valence-electron chi connectivity index (χ0n) is 11.9. The van der Waals surface area contributed by atoms with E-state index >= 15 is 0 Å². The number of nitrogens with one attached hydrogen (secondary N) is 1. The fourth-order valence-electron chi connectivity index (χ4n) is 2.48. The van der Waals surface area contributed by atoms with Crippen LogP contribution in [0.1, 0.15) is 32.3 Å². The van der Waals surface area contributed by atoms with Crippen LogP contribution in [0.5, 0.6) is 0 Å². The lowest BCUT2D eigenvalue weighted by molar-refractivity contribution is 0.238. The number of benzene rings is 1. The van der Waals surface area contributed by atoms with Crippen LogP contribution in [-0.2, 0) is 13.1 Å². The number of hydrogen-bond donors (Lipinski definition) is 2. The number of hydrogen-bond acceptors (Lipinski definition) is 2. The summed E-state index contributed by atoms with van der Waals surface area (Å²) < 4.78 is 2.33. The Bertz CT molecular complexity index is 514. The second-order valence-electron chi connectivity index (χ2n) is 5.03. The third-order valence-corrected chi connectivity index (χ3v) is 3.63. The summed E-state index contributed by atoms with van der Waals surface area (Å²) in [5, 5.41) is 14.0. The summed E-state index contributed by atoms with van der Waals surface area (Å²) >= 11 is 0. The van der Waals surface area contributed by atoms with Gasteiger partial charge in [0.1, 0.15) is 0 Å². The molecule has 3 heteroatoms. The Balaban J connectivity index is 2.22. The van der Waals surface area contributed by atoms with Crippen LogP contribution in [0.3, 0.4) is 0 Å². The van der Waals surface area contributed by atoms with Crippen molar-refractivity contribution in [2.24, 2.45) is 0 Å². The second kappa shape index (κ2) is 6.73. The summed E-state index contributed by atoms with van der Waals surface area (Å²) in [6.07, 6.45) is 4.33. The van der Waals surface area contributed by atoms with E-state index in [1.165, 1.54) is 16.5 Å². The third kappa shape index (κ3) is 3.17. The molecule has 0 amide bonds. The SMILES string of the molecule is CCCn1cc(CN[C@@H](CC)CO)c2ccccc21. The normalized spacial score (nSPS) is 13.0. The maximum Gasteiger partial charge on any atom is 0.0584 e. The van der Waals surface area contributed by atoms with Crippen LogP contribution in [0.25, 0.3) is 10.9 Å². The molecule has 2 rings (SSSR count). The van der Waals surface area contributed by atoms with Crippen LogP contribution in [0, 0.1) is 0 Å². The Morgan fingerprint density at radius 1 is 1.26 bits per heavy atom. The molecule has 0 radical (unpaired) electrons. The van der Waals surface area contributed by atoms with Gasteiger partial charge in [-0.05, 0) is 24.5 Å². The van der Waals surface area contributed by atoms with Gasteiger partial charge in [0.2, 0.25) is 0 Å². The van der Waals surface area contributed by atoms with Crippen LogP contribution in [0.15, 0.2) is 30.5 Å². The Labute approximate surface area is 115 Å². The average Bonchev–Trinajstić information content (AvgIpc) is 2.79. The van der Waals surface area contributed by atoms with Gasteiger partial charge in [-0.25, -0.2) is 0 Å². The third-order valence-electron chi connectivity index (χ3n) is 3.63. The zero-order valence-corrected chi connectivity index (χ0v) is 11.9. The molecule has 1 aromatic heterocycles. The van der Waals surface area contributed by atoms with Crippen molar-refractivity contribution in [2.75, 3.05) is 6.61 Å². The predicted octanol–water partition coefficient (Wildman–Crippen LogP) is 2.91. The zero-order chi connectivity index (χ0) is 13.7. The monoisotopic (exact) mass is 260 g/mol. The summed E-state index contributed by atoms with van der Waals surface area (Å²) in [5.74, 6) is 0. The minimum atomic E-state index is 0.188. The fraction of sp³-hybridized carbons (Fsp3) is 0.500. The van der Waals surface area contributed by atoms with Crippen molar-refractivity contribution in [3.05, 3.63) is 36.0 Å². The number of aliphatic hydroxyl groups is 1. The molecule has 1 heterocycles. The number of nitrogens with zero attached hydrogens (tertiary/aromatic N) is 1.